The van der Waals surface area contributed by atoms with Crippen LogP contribution in [-0.2, 0) is 12.7 Å². The van der Waals surface area contributed by atoms with E-state index in [1.165, 1.54) is 12.1 Å². The van der Waals surface area contributed by atoms with Crippen LogP contribution in [0, 0.1) is 0 Å². The van der Waals surface area contributed by atoms with Gasteiger partial charge in [0, 0.05) is 23.4 Å². The van der Waals surface area contributed by atoms with Crippen molar-refractivity contribution < 1.29 is 22.8 Å². The molecule has 7 heteroatoms. The number of amides is 2. The molecule has 0 saturated heterocycles. The van der Waals surface area contributed by atoms with E-state index < -0.39 is 17.6 Å². The lowest BCUT2D eigenvalue weighted by Gasteiger charge is -2.12. The van der Waals surface area contributed by atoms with Gasteiger partial charge in [-0.15, -0.1) is 0 Å². The van der Waals surface area contributed by atoms with Gasteiger partial charge in [0.1, 0.15) is 0 Å². The minimum atomic E-state index is -4.44. The zero-order chi connectivity index (χ0) is 24.8. The summed E-state index contributed by atoms with van der Waals surface area (Å²) in [5.74, 6) is -0.725. The fourth-order valence-corrected chi connectivity index (χ4v) is 3.59. The second-order valence-electron chi connectivity index (χ2n) is 7.82. The Morgan fingerprint density at radius 1 is 0.714 bits per heavy atom. The van der Waals surface area contributed by atoms with E-state index in [1.807, 2.05) is 30.3 Å². The second kappa shape index (κ2) is 10.3. The van der Waals surface area contributed by atoms with E-state index in [0.717, 1.165) is 17.7 Å². The van der Waals surface area contributed by atoms with Crippen LogP contribution >= 0.6 is 0 Å². The SMILES string of the molecule is O=C(NCc1ccccc1)c1cccc(NC(=O)c2ccccc2-c2ccc(C(F)(F)F)cc2)c1. The Balaban J connectivity index is 1.49. The van der Waals surface area contributed by atoms with E-state index in [0.29, 0.717) is 34.5 Å². The molecule has 4 rings (SSSR count). The maximum absolute atomic E-state index is 13.0. The van der Waals surface area contributed by atoms with Crippen LogP contribution < -0.4 is 10.6 Å². The number of hydrogen-bond donors (Lipinski definition) is 2. The van der Waals surface area contributed by atoms with Crippen LogP contribution in [-0.4, -0.2) is 11.8 Å². The minimum Gasteiger partial charge on any atom is -0.348 e. The third-order valence-electron chi connectivity index (χ3n) is 5.37. The summed E-state index contributed by atoms with van der Waals surface area (Å²) >= 11 is 0. The van der Waals surface area contributed by atoms with Crippen LogP contribution in [0.5, 0.6) is 0 Å². The van der Waals surface area contributed by atoms with Crippen molar-refractivity contribution >= 4 is 17.5 Å². The molecule has 4 aromatic carbocycles. The summed E-state index contributed by atoms with van der Waals surface area (Å²) in [6.45, 7) is 0.372. The summed E-state index contributed by atoms with van der Waals surface area (Å²) in [5.41, 5.74) is 2.29. The van der Waals surface area contributed by atoms with Crippen LogP contribution in [0.2, 0.25) is 0 Å². The molecule has 0 fully saturated rings. The molecular weight excluding hydrogens is 453 g/mol. The Kier molecular flexibility index (Phi) is 6.96. The van der Waals surface area contributed by atoms with Gasteiger partial charge in [0.05, 0.1) is 5.56 Å². The van der Waals surface area contributed by atoms with Crippen LogP contribution in [0.25, 0.3) is 11.1 Å². The highest BCUT2D eigenvalue weighted by atomic mass is 19.4. The first-order valence-corrected chi connectivity index (χ1v) is 10.8. The number of carbonyl (C=O) groups is 2. The Morgan fingerprint density at radius 2 is 1.40 bits per heavy atom. The van der Waals surface area contributed by atoms with Crippen molar-refractivity contribution in [1.82, 2.24) is 5.32 Å². The van der Waals surface area contributed by atoms with E-state index in [-0.39, 0.29) is 5.91 Å². The number of anilines is 1. The minimum absolute atomic E-state index is 0.282. The smallest absolute Gasteiger partial charge is 0.348 e. The van der Waals surface area contributed by atoms with E-state index in [2.05, 4.69) is 10.6 Å². The fraction of sp³-hybridized carbons (Fsp3) is 0.0714. The molecule has 0 saturated carbocycles. The Bertz CT molecular complexity index is 1330. The van der Waals surface area contributed by atoms with Gasteiger partial charge in [-0.2, -0.15) is 13.2 Å². The molecule has 0 heterocycles. The molecule has 0 aromatic heterocycles. The summed E-state index contributed by atoms with van der Waals surface area (Å²) < 4.78 is 38.7. The number of nitrogens with one attached hydrogen (secondary N) is 2. The molecule has 0 aliphatic heterocycles. The Hall–Kier alpha value is -4.39. The molecule has 0 bridgehead atoms. The molecule has 0 radical (unpaired) electrons. The maximum Gasteiger partial charge on any atom is 0.416 e. The largest absolute Gasteiger partial charge is 0.416 e. The van der Waals surface area contributed by atoms with Gasteiger partial charge in [0.2, 0.25) is 0 Å². The van der Waals surface area contributed by atoms with Crippen molar-refractivity contribution in [1.29, 1.82) is 0 Å². The third kappa shape index (κ3) is 5.95. The zero-order valence-corrected chi connectivity index (χ0v) is 18.5. The van der Waals surface area contributed by atoms with Crippen molar-refractivity contribution in [2.24, 2.45) is 0 Å². The topological polar surface area (TPSA) is 58.2 Å². The summed E-state index contributed by atoms with van der Waals surface area (Å²) in [4.78, 5) is 25.6. The van der Waals surface area contributed by atoms with Gasteiger partial charge in [-0.05, 0) is 53.1 Å². The average molecular weight is 474 g/mol. The standard InChI is InChI=1S/C28H21F3N2O2/c29-28(30,31)22-15-13-20(14-16-22)24-11-4-5-12-25(24)27(35)33-23-10-6-9-21(17-23)26(34)32-18-19-7-2-1-3-8-19/h1-17H,18H2,(H,32,34)(H,33,35). The molecule has 0 aliphatic rings. The molecule has 2 amide bonds. The van der Waals surface area contributed by atoms with Crippen molar-refractivity contribution in [3.05, 3.63) is 125 Å². The molecule has 35 heavy (non-hydrogen) atoms. The number of benzene rings is 4. The van der Waals surface area contributed by atoms with Gasteiger partial charge in [0.25, 0.3) is 11.8 Å². The normalized spacial score (nSPS) is 11.1. The summed E-state index contributed by atoms with van der Waals surface area (Å²) in [6, 6.07) is 27.3. The van der Waals surface area contributed by atoms with Crippen molar-refractivity contribution in [2.75, 3.05) is 5.32 Å². The maximum atomic E-state index is 13.0. The number of rotatable bonds is 6. The average Bonchev–Trinajstić information content (AvgIpc) is 2.87. The first-order valence-electron chi connectivity index (χ1n) is 10.8. The number of halogens is 3. The highest BCUT2D eigenvalue weighted by molar-refractivity contribution is 6.09. The number of alkyl halides is 3. The van der Waals surface area contributed by atoms with Gasteiger partial charge in [-0.25, -0.2) is 0 Å². The van der Waals surface area contributed by atoms with E-state index in [9.17, 15) is 22.8 Å². The quantitative estimate of drug-likeness (QED) is 0.333. The van der Waals surface area contributed by atoms with Crippen molar-refractivity contribution in [3.8, 4) is 11.1 Å². The van der Waals surface area contributed by atoms with Crippen LogP contribution in [0.4, 0.5) is 18.9 Å². The van der Waals surface area contributed by atoms with Gasteiger partial charge in [-0.1, -0.05) is 66.7 Å². The molecule has 0 atom stereocenters. The fourth-order valence-electron chi connectivity index (χ4n) is 3.59. The Labute approximate surface area is 200 Å². The molecule has 176 valence electrons. The van der Waals surface area contributed by atoms with Gasteiger partial charge >= 0.3 is 6.18 Å². The molecular formula is C28H21F3N2O2. The lowest BCUT2D eigenvalue weighted by Crippen LogP contribution is -2.23. The lowest BCUT2D eigenvalue weighted by molar-refractivity contribution is -0.137. The predicted molar refractivity (Wildman–Crippen MR) is 129 cm³/mol. The Morgan fingerprint density at radius 3 is 2.11 bits per heavy atom. The first-order chi connectivity index (χ1) is 16.8. The summed E-state index contributed by atoms with van der Waals surface area (Å²) in [7, 11) is 0. The van der Waals surface area contributed by atoms with Crippen LogP contribution in [0.1, 0.15) is 31.8 Å². The molecule has 4 aromatic rings. The van der Waals surface area contributed by atoms with Gasteiger partial charge < -0.3 is 10.6 Å². The molecule has 0 spiro atoms. The first kappa shape index (κ1) is 23.8. The predicted octanol–water partition coefficient (Wildman–Crippen LogP) is 6.55. The highest BCUT2D eigenvalue weighted by Gasteiger charge is 2.30. The summed E-state index contributed by atoms with van der Waals surface area (Å²) in [5, 5.41) is 5.62. The van der Waals surface area contributed by atoms with E-state index >= 15 is 0 Å². The molecule has 0 aliphatic carbocycles. The molecule has 0 unspecified atom stereocenters. The van der Waals surface area contributed by atoms with Crippen molar-refractivity contribution in [3.63, 3.8) is 0 Å². The monoisotopic (exact) mass is 474 g/mol. The van der Waals surface area contributed by atoms with Gasteiger partial charge in [0.15, 0.2) is 0 Å². The lowest BCUT2D eigenvalue weighted by atomic mass is 9.98. The highest BCUT2D eigenvalue weighted by Crippen LogP contribution is 2.32. The number of hydrogen-bond acceptors (Lipinski definition) is 2. The van der Waals surface area contributed by atoms with Crippen LogP contribution in [0.3, 0.4) is 0 Å². The van der Waals surface area contributed by atoms with Crippen LogP contribution in [0.15, 0.2) is 103 Å². The third-order valence-corrected chi connectivity index (χ3v) is 5.37. The van der Waals surface area contributed by atoms with Crippen molar-refractivity contribution in [2.45, 2.75) is 12.7 Å². The van der Waals surface area contributed by atoms with Gasteiger partial charge in [-0.3, -0.25) is 9.59 Å². The molecule has 2 N–H and O–H groups in total. The second-order valence-corrected chi connectivity index (χ2v) is 7.82. The number of carbonyl (C=O) groups excluding carboxylic acids is 2. The van der Waals surface area contributed by atoms with E-state index in [4.69, 9.17) is 0 Å². The zero-order valence-electron chi connectivity index (χ0n) is 18.5. The molecule has 4 nitrogen and oxygen atoms in total. The summed E-state index contributed by atoms with van der Waals surface area (Å²) in [6.07, 6.45) is -4.44. The van der Waals surface area contributed by atoms with E-state index in [1.54, 1.807) is 48.5 Å².